The molecule has 0 unspecified atom stereocenters. The van der Waals surface area contributed by atoms with Gasteiger partial charge in [0.15, 0.2) is 0 Å². The molecule has 0 spiro atoms. The molecule has 0 bridgehead atoms. The molecule has 0 aliphatic rings. The van der Waals surface area contributed by atoms with Crippen molar-refractivity contribution in [3.63, 3.8) is 0 Å². The fourth-order valence-corrected chi connectivity index (χ4v) is 2.67. The number of hydrogen-bond donors (Lipinski definition) is 1. The molecule has 6 heteroatoms. The summed E-state index contributed by atoms with van der Waals surface area (Å²) in [5, 5.41) is 12.5. The van der Waals surface area contributed by atoms with Crippen LogP contribution < -0.4 is 14.8 Å². The van der Waals surface area contributed by atoms with Gasteiger partial charge in [0, 0.05) is 12.1 Å². The average Bonchev–Trinajstić information content (AvgIpc) is 3.16. The molecule has 1 N–H and O–H groups in total. The third-order valence-corrected chi connectivity index (χ3v) is 4.17. The number of aromatic nitrogens is 1. The van der Waals surface area contributed by atoms with Crippen molar-refractivity contribution in [1.82, 2.24) is 4.98 Å². The van der Waals surface area contributed by atoms with Crippen molar-refractivity contribution >= 4 is 5.88 Å². The molecule has 0 fully saturated rings. The Morgan fingerprint density at radius 3 is 2.43 bits per heavy atom. The molecule has 28 heavy (non-hydrogen) atoms. The molecular formula is C22H23N3O3. The molecule has 1 heterocycles. The number of benzene rings is 2. The van der Waals surface area contributed by atoms with E-state index in [1.807, 2.05) is 48.5 Å². The number of nitrogens with zero attached hydrogens (tertiary/aromatic N) is 2. The summed E-state index contributed by atoms with van der Waals surface area (Å²) in [5.41, 5.74) is 2.20. The summed E-state index contributed by atoms with van der Waals surface area (Å²) in [6.07, 6.45) is 1.74. The van der Waals surface area contributed by atoms with E-state index in [1.54, 1.807) is 7.11 Å². The molecule has 0 atom stereocenters. The van der Waals surface area contributed by atoms with E-state index in [1.165, 1.54) is 0 Å². The highest BCUT2D eigenvalue weighted by molar-refractivity contribution is 5.59. The van der Waals surface area contributed by atoms with Gasteiger partial charge >= 0.3 is 0 Å². The molecule has 0 aliphatic heterocycles. The molecule has 0 amide bonds. The van der Waals surface area contributed by atoms with Crippen molar-refractivity contribution in [2.24, 2.45) is 0 Å². The fraction of sp³-hybridized carbons (Fsp3) is 0.273. The first kappa shape index (κ1) is 19.3. The maximum absolute atomic E-state index is 9.35. The lowest BCUT2D eigenvalue weighted by Crippen LogP contribution is -2.05. The second kappa shape index (κ2) is 9.47. The van der Waals surface area contributed by atoms with E-state index >= 15 is 0 Å². The summed E-state index contributed by atoms with van der Waals surface area (Å²) in [7, 11) is 1.65. The van der Waals surface area contributed by atoms with Crippen LogP contribution in [0.3, 0.4) is 0 Å². The van der Waals surface area contributed by atoms with Crippen LogP contribution in [-0.4, -0.2) is 25.2 Å². The van der Waals surface area contributed by atoms with Crippen LogP contribution in [0.25, 0.3) is 11.5 Å². The maximum atomic E-state index is 9.35. The van der Waals surface area contributed by atoms with Crippen LogP contribution in [0.5, 0.6) is 11.5 Å². The van der Waals surface area contributed by atoms with Crippen LogP contribution in [0.2, 0.25) is 0 Å². The number of hydrogen-bond acceptors (Lipinski definition) is 6. The highest BCUT2D eigenvalue weighted by Gasteiger charge is 2.14. The zero-order valence-electron chi connectivity index (χ0n) is 16.1. The number of methoxy groups -OCH3 is 1. The first-order valence-corrected chi connectivity index (χ1v) is 9.24. The van der Waals surface area contributed by atoms with Gasteiger partial charge in [-0.15, -0.1) is 0 Å². The zero-order valence-corrected chi connectivity index (χ0v) is 16.1. The van der Waals surface area contributed by atoms with Crippen LogP contribution >= 0.6 is 0 Å². The van der Waals surface area contributed by atoms with E-state index in [2.05, 4.69) is 23.3 Å². The van der Waals surface area contributed by atoms with Crippen molar-refractivity contribution in [2.75, 3.05) is 25.6 Å². The Balaban J connectivity index is 1.64. The van der Waals surface area contributed by atoms with Gasteiger partial charge < -0.3 is 19.2 Å². The van der Waals surface area contributed by atoms with Crippen molar-refractivity contribution in [3.8, 4) is 29.0 Å². The van der Waals surface area contributed by atoms with Gasteiger partial charge in [-0.05, 0) is 54.8 Å². The molecule has 3 rings (SSSR count). The summed E-state index contributed by atoms with van der Waals surface area (Å²) in [5.74, 6) is 2.42. The number of oxazole rings is 1. The van der Waals surface area contributed by atoms with Gasteiger partial charge in [0.05, 0.1) is 13.7 Å². The molecule has 1 aromatic heterocycles. The fourth-order valence-electron chi connectivity index (χ4n) is 2.67. The lowest BCUT2D eigenvalue weighted by Gasteiger charge is -2.05. The Labute approximate surface area is 164 Å². The Hall–Kier alpha value is -3.46. The minimum Gasteiger partial charge on any atom is -0.497 e. The quantitative estimate of drug-likeness (QED) is 0.584. The Morgan fingerprint density at radius 1 is 1.07 bits per heavy atom. The van der Waals surface area contributed by atoms with Crippen LogP contribution in [-0.2, 0) is 6.42 Å². The summed E-state index contributed by atoms with van der Waals surface area (Å²) in [6.45, 7) is 3.37. The lowest BCUT2D eigenvalue weighted by molar-refractivity contribution is 0.317. The molecule has 0 aliphatic carbocycles. The standard InChI is InChI=1S/C22H23N3O3/c1-3-14-27-19-10-6-17(7-11-19)21-25-20(15-23)22(28-21)24-13-12-16-4-8-18(26-2)9-5-16/h4-11,24H,3,12-14H2,1-2H3. The second-order valence-electron chi connectivity index (χ2n) is 6.21. The van der Waals surface area contributed by atoms with Crippen LogP contribution in [0, 0.1) is 11.3 Å². The predicted molar refractivity (Wildman–Crippen MR) is 108 cm³/mol. The highest BCUT2D eigenvalue weighted by Crippen LogP contribution is 2.27. The minimum atomic E-state index is 0.246. The van der Waals surface area contributed by atoms with E-state index in [9.17, 15) is 5.26 Å². The van der Waals surface area contributed by atoms with E-state index in [4.69, 9.17) is 13.9 Å². The molecule has 0 saturated heterocycles. The van der Waals surface area contributed by atoms with Gasteiger partial charge in [-0.1, -0.05) is 19.1 Å². The highest BCUT2D eigenvalue weighted by atomic mass is 16.5. The topological polar surface area (TPSA) is 80.3 Å². The molecule has 0 radical (unpaired) electrons. The summed E-state index contributed by atoms with van der Waals surface area (Å²) < 4.78 is 16.5. The van der Waals surface area contributed by atoms with Crippen LogP contribution in [0.1, 0.15) is 24.6 Å². The SMILES string of the molecule is CCCOc1ccc(-c2nc(C#N)c(NCCc3ccc(OC)cc3)o2)cc1. The van der Waals surface area contributed by atoms with E-state index in [0.717, 1.165) is 35.5 Å². The molecule has 2 aromatic carbocycles. The van der Waals surface area contributed by atoms with Gasteiger partial charge in [0.25, 0.3) is 0 Å². The van der Waals surface area contributed by atoms with Crippen molar-refractivity contribution in [3.05, 3.63) is 59.8 Å². The smallest absolute Gasteiger partial charge is 0.232 e. The first-order valence-electron chi connectivity index (χ1n) is 9.24. The summed E-state index contributed by atoms with van der Waals surface area (Å²) in [4.78, 5) is 4.29. The summed E-state index contributed by atoms with van der Waals surface area (Å²) >= 11 is 0. The van der Waals surface area contributed by atoms with Gasteiger partial charge in [-0.25, -0.2) is 0 Å². The zero-order chi connectivity index (χ0) is 19.8. The van der Waals surface area contributed by atoms with E-state index in [0.29, 0.717) is 24.9 Å². The van der Waals surface area contributed by atoms with Crippen molar-refractivity contribution in [1.29, 1.82) is 5.26 Å². The van der Waals surface area contributed by atoms with Gasteiger partial charge in [-0.2, -0.15) is 10.2 Å². The Morgan fingerprint density at radius 2 is 1.79 bits per heavy atom. The second-order valence-corrected chi connectivity index (χ2v) is 6.21. The third kappa shape index (κ3) is 4.83. The number of nitrogens with one attached hydrogen (secondary N) is 1. The van der Waals surface area contributed by atoms with E-state index < -0.39 is 0 Å². The van der Waals surface area contributed by atoms with Crippen molar-refractivity contribution in [2.45, 2.75) is 19.8 Å². The molecular weight excluding hydrogens is 354 g/mol. The van der Waals surface area contributed by atoms with Gasteiger partial charge in [0.2, 0.25) is 17.5 Å². The number of ether oxygens (including phenoxy) is 2. The lowest BCUT2D eigenvalue weighted by atomic mass is 10.1. The Bertz CT molecular complexity index is 925. The van der Waals surface area contributed by atoms with Crippen LogP contribution in [0.4, 0.5) is 5.88 Å². The van der Waals surface area contributed by atoms with Gasteiger partial charge in [0.1, 0.15) is 17.6 Å². The van der Waals surface area contributed by atoms with E-state index in [-0.39, 0.29) is 5.69 Å². The molecule has 0 saturated carbocycles. The maximum Gasteiger partial charge on any atom is 0.232 e. The largest absolute Gasteiger partial charge is 0.497 e. The van der Waals surface area contributed by atoms with Gasteiger partial charge in [-0.3, -0.25) is 0 Å². The first-order chi connectivity index (χ1) is 13.7. The molecule has 3 aromatic rings. The molecule has 6 nitrogen and oxygen atoms in total. The monoisotopic (exact) mass is 377 g/mol. The third-order valence-electron chi connectivity index (χ3n) is 4.17. The number of anilines is 1. The van der Waals surface area contributed by atoms with Crippen molar-refractivity contribution < 1.29 is 13.9 Å². The van der Waals surface area contributed by atoms with Crippen LogP contribution in [0.15, 0.2) is 52.9 Å². The number of rotatable bonds is 9. The minimum absolute atomic E-state index is 0.246. The average molecular weight is 377 g/mol. The normalized spacial score (nSPS) is 10.3. The predicted octanol–water partition coefficient (Wildman–Crippen LogP) is 4.67. The summed E-state index contributed by atoms with van der Waals surface area (Å²) in [6, 6.07) is 17.5. The molecule has 144 valence electrons. The number of nitriles is 1. The Kier molecular flexibility index (Phi) is 6.53.